The van der Waals surface area contributed by atoms with Crippen LogP contribution < -0.4 is 0 Å². The van der Waals surface area contributed by atoms with E-state index < -0.39 is 17.2 Å². The summed E-state index contributed by atoms with van der Waals surface area (Å²) in [7, 11) is 1.69. The summed E-state index contributed by atoms with van der Waals surface area (Å²) in [5, 5.41) is 0. The van der Waals surface area contributed by atoms with Crippen LogP contribution in [0.2, 0.25) is 0 Å². The van der Waals surface area contributed by atoms with Crippen LogP contribution in [0, 0.1) is 0 Å². The molecule has 1 amide bonds. The molecule has 0 bridgehead atoms. The Kier molecular flexibility index (Phi) is 6.15. The van der Waals surface area contributed by atoms with Gasteiger partial charge in [0.1, 0.15) is 0 Å². The highest BCUT2D eigenvalue weighted by Gasteiger charge is 2.43. The summed E-state index contributed by atoms with van der Waals surface area (Å²) in [6.45, 7) is 1.24. The van der Waals surface area contributed by atoms with Crippen molar-refractivity contribution in [2.75, 3.05) is 20.3 Å². The highest BCUT2D eigenvalue weighted by molar-refractivity contribution is 9.10. The molecule has 1 heterocycles. The number of hydrogen-bond acceptors (Lipinski definition) is 2. The van der Waals surface area contributed by atoms with Crippen LogP contribution in [-0.4, -0.2) is 31.1 Å². The van der Waals surface area contributed by atoms with E-state index >= 15 is 0 Å². The number of benzene rings is 2. The molecule has 0 atom stereocenters. The van der Waals surface area contributed by atoms with Gasteiger partial charge in [0.05, 0.1) is 11.0 Å². The van der Waals surface area contributed by atoms with Gasteiger partial charge in [0.15, 0.2) is 0 Å². The zero-order valence-electron chi connectivity index (χ0n) is 15.4. The molecule has 0 unspecified atom stereocenters. The highest BCUT2D eigenvalue weighted by Crippen LogP contribution is 2.37. The van der Waals surface area contributed by atoms with Gasteiger partial charge in [-0.05, 0) is 48.2 Å². The summed E-state index contributed by atoms with van der Waals surface area (Å²) < 4.78 is 44.6. The van der Waals surface area contributed by atoms with Crippen molar-refractivity contribution in [3.05, 3.63) is 69.7 Å². The normalized spacial score (nSPS) is 16.6. The van der Waals surface area contributed by atoms with Gasteiger partial charge in [-0.25, -0.2) is 0 Å². The van der Waals surface area contributed by atoms with Crippen molar-refractivity contribution < 1.29 is 22.7 Å². The Morgan fingerprint density at radius 1 is 1.07 bits per heavy atom. The molecule has 28 heavy (non-hydrogen) atoms. The number of likely N-dealkylation sites (N-methyl/N-ethyl adjacent to an activating group) is 1. The summed E-state index contributed by atoms with van der Waals surface area (Å²) in [5.74, 6) is -0.0435. The van der Waals surface area contributed by atoms with Gasteiger partial charge in [-0.3, -0.25) is 4.79 Å². The molecule has 0 aromatic heterocycles. The van der Waals surface area contributed by atoms with E-state index in [1.165, 1.54) is 12.1 Å². The first-order chi connectivity index (χ1) is 13.2. The Morgan fingerprint density at radius 2 is 1.64 bits per heavy atom. The van der Waals surface area contributed by atoms with Gasteiger partial charge >= 0.3 is 6.18 Å². The number of nitrogens with zero attached hydrogens (tertiary/aromatic N) is 1. The summed E-state index contributed by atoms with van der Waals surface area (Å²) in [4.78, 5) is 15.0. The summed E-state index contributed by atoms with van der Waals surface area (Å²) in [5.41, 5.74) is 0.214. The van der Waals surface area contributed by atoms with Crippen LogP contribution in [0.1, 0.15) is 29.5 Å². The van der Waals surface area contributed by atoms with Crippen molar-refractivity contribution in [3.8, 4) is 0 Å². The molecule has 7 heteroatoms. The van der Waals surface area contributed by atoms with Crippen molar-refractivity contribution in [2.45, 2.75) is 31.0 Å². The predicted octanol–water partition coefficient (Wildman–Crippen LogP) is 5.17. The topological polar surface area (TPSA) is 29.5 Å². The number of amides is 1. The van der Waals surface area contributed by atoms with Gasteiger partial charge < -0.3 is 9.64 Å². The molecule has 1 saturated heterocycles. The second-order valence-electron chi connectivity index (χ2n) is 7.06. The van der Waals surface area contributed by atoms with E-state index in [9.17, 15) is 18.0 Å². The van der Waals surface area contributed by atoms with Gasteiger partial charge in [-0.1, -0.05) is 40.2 Å². The molecule has 2 aromatic rings. The number of hydrogen-bond donors (Lipinski definition) is 0. The van der Waals surface area contributed by atoms with E-state index in [4.69, 9.17) is 4.74 Å². The monoisotopic (exact) mass is 455 g/mol. The van der Waals surface area contributed by atoms with Crippen molar-refractivity contribution in [1.82, 2.24) is 4.90 Å². The number of halogens is 4. The lowest BCUT2D eigenvalue weighted by Crippen LogP contribution is -2.48. The molecule has 2 aromatic carbocycles. The second kappa shape index (κ2) is 8.25. The van der Waals surface area contributed by atoms with Gasteiger partial charge in [0.25, 0.3) is 0 Å². The lowest BCUT2D eigenvalue weighted by Gasteiger charge is -2.39. The number of rotatable bonds is 4. The maximum Gasteiger partial charge on any atom is 0.416 e. The molecule has 0 N–H and O–H groups in total. The van der Waals surface area contributed by atoms with Crippen LogP contribution in [0.4, 0.5) is 13.2 Å². The van der Waals surface area contributed by atoms with E-state index in [1.807, 2.05) is 24.3 Å². The first-order valence-corrected chi connectivity index (χ1v) is 9.77. The molecule has 1 aliphatic rings. The van der Waals surface area contributed by atoms with Crippen LogP contribution in [-0.2, 0) is 27.7 Å². The Balaban J connectivity index is 1.81. The van der Waals surface area contributed by atoms with E-state index in [0.717, 1.165) is 22.2 Å². The molecular formula is C21H21BrF3NO2. The summed E-state index contributed by atoms with van der Waals surface area (Å²) in [6.07, 6.45) is -3.22. The minimum absolute atomic E-state index is 0.0435. The fourth-order valence-corrected chi connectivity index (χ4v) is 3.89. The van der Waals surface area contributed by atoms with E-state index in [0.29, 0.717) is 31.6 Å². The van der Waals surface area contributed by atoms with Crippen molar-refractivity contribution in [3.63, 3.8) is 0 Å². The lowest BCUT2D eigenvalue weighted by molar-refractivity contribution is -0.140. The fourth-order valence-electron chi connectivity index (χ4n) is 3.62. The average molecular weight is 456 g/mol. The van der Waals surface area contributed by atoms with Crippen molar-refractivity contribution in [2.24, 2.45) is 0 Å². The number of carbonyl (C=O) groups is 1. The Hall–Kier alpha value is -1.86. The molecule has 3 rings (SSSR count). The first-order valence-electron chi connectivity index (χ1n) is 8.98. The molecule has 0 radical (unpaired) electrons. The van der Waals surface area contributed by atoms with E-state index in [1.54, 1.807) is 11.9 Å². The second-order valence-corrected chi connectivity index (χ2v) is 7.97. The molecule has 1 aliphatic heterocycles. The number of alkyl halides is 3. The zero-order chi connectivity index (χ0) is 20.4. The minimum Gasteiger partial charge on any atom is -0.381 e. The molecule has 3 nitrogen and oxygen atoms in total. The zero-order valence-corrected chi connectivity index (χ0v) is 17.0. The predicted molar refractivity (Wildman–Crippen MR) is 104 cm³/mol. The third-order valence-electron chi connectivity index (χ3n) is 5.20. The third kappa shape index (κ3) is 4.41. The first kappa shape index (κ1) is 20.9. The molecule has 0 spiro atoms. The van der Waals surface area contributed by atoms with Crippen LogP contribution in [0.5, 0.6) is 0 Å². The SMILES string of the molecule is CN(Cc1ccc(C(F)(F)F)cc1)C(=O)C1(c2ccc(Br)cc2)CCOCC1. The maximum absolute atomic E-state index is 13.4. The fraction of sp³-hybridized carbons (Fsp3) is 0.381. The third-order valence-corrected chi connectivity index (χ3v) is 5.73. The number of ether oxygens (including phenoxy) is 1. The molecule has 0 aliphatic carbocycles. The molecule has 1 fully saturated rings. The molecular weight excluding hydrogens is 435 g/mol. The van der Waals surface area contributed by atoms with Gasteiger partial charge in [-0.2, -0.15) is 13.2 Å². The van der Waals surface area contributed by atoms with Gasteiger partial charge in [0, 0.05) is 31.3 Å². The van der Waals surface area contributed by atoms with Crippen molar-refractivity contribution in [1.29, 1.82) is 0 Å². The number of carbonyl (C=O) groups excluding carboxylic acids is 1. The van der Waals surface area contributed by atoms with Crippen molar-refractivity contribution >= 4 is 21.8 Å². The summed E-state index contributed by atoms with van der Waals surface area (Å²) >= 11 is 3.42. The minimum atomic E-state index is -4.37. The van der Waals surface area contributed by atoms with E-state index in [2.05, 4.69) is 15.9 Å². The summed E-state index contributed by atoms with van der Waals surface area (Å²) in [6, 6.07) is 12.6. The average Bonchev–Trinajstić information content (AvgIpc) is 2.68. The van der Waals surface area contributed by atoms with Crippen LogP contribution >= 0.6 is 15.9 Å². The van der Waals surface area contributed by atoms with Crippen LogP contribution in [0.3, 0.4) is 0 Å². The Bertz CT molecular complexity index is 813. The quantitative estimate of drug-likeness (QED) is 0.635. The maximum atomic E-state index is 13.4. The lowest BCUT2D eigenvalue weighted by atomic mass is 9.73. The smallest absolute Gasteiger partial charge is 0.381 e. The van der Waals surface area contributed by atoms with Crippen LogP contribution in [0.25, 0.3) is 0 Å². The standard InChI is InChI=1S/C21H21BrF3NO2/c1-26(14-15-2-4-17(5-3-15)21(23,24)25)19(27)20(10-12-28-13-11-20)16-6-8-18(22)9-7-16/h2-9H,10-14H2,1H3. The van der Waals surface area contributed by atoms with Crippen LogP contribution in [0.15, 0.2) is 53.0 Å². The Morgan fingerprint density at radius 3 is 2.18 bits per heavy atom. The van der Waals surface area contributed by atoms with Gasteiger partial charge in [-0.15, -0.1) is 0 Å². The molecule has 0 saturated carbocycles. The van der Waals surface area contributed by atoms with E-state index in [-0.39, 0.29) is 12.5 Å². The van der Waals surface area contributed by atoms with Gasteiger partial charge in [0.2, 0.25) is 5.91 Å². The Labute approximate surface area is 170 Å². The highest BCUT2D eigenvalue weighted by atomic mass is 79.9. The molecule has 150 valence electrons. The largest absolute Gasteiger partial charge is 0.416 e.